The Hall–Kier alpha value is -4.34. The molecule has 0 bridgehead atoms. The average molecular weight is 443 g/mol. The molecule has 1 aliphatic carbocycles. The van der Waals surface area contributed by atoms with Crippen molar-refractivity contribution in [3.05, 3.63) is 99.9 Å². The van der Waals surface area contributed by atoms with Crippen LogP contribution in [0.3, 0.4) is 0 Å². The minimum Gasteiger partial charge on any atom is -0.345 e. The number of nitro benzene ring substituents is 1. The van der Waals surface area contributed by atoms with Gasteiger partial charge in [0.05, 0.1) is 23.7 Å². The highest BCUT2D eigenvalue weighted by Gasteiger charge is 2.27. The van der Waals surface area contributed by atoms with Gasteiger partial charge in [0.15, 0.2) is 0 Å². The van der Waals surface area contributed by atoms with Gasteiger partial charge in [-0.3, -0.25) is 19.6 Å². The molecule has 0 fully saturated rings. The monoisotopic (exact) mass is 443 g/mol. The van der Waals surface area contributed by atoms with Gasteiger partial charge in [-0.25, -0.2) is 9.67 Å². The first-order valence-electron chi connectivity index (χ1n) is 10.6. The Bertz CT molecular complexity index is 1300. The Balaban J connectivity index is 1.37. The van der Waals surface area contributed by atoms with Crippen LogP contribution in [0.5, 0.6) is 0 Å². The molecule has 1 atom stereocenters. The molecule has 5 rings (SSSR count). The normalized spacial score (nSPS) is 15.1. The number of amides is 1. The SMILES string of the molecule is O=C(N[C@H]1CCCc2c1cnn2Cc1ccccc1)c1ccc(-n2cncn2)c([N+](=O)[O-])c1. The Morgan fingerprint density at radius 1 is 1.18 bits per heavy atom. The molecule has 0 spiro atoms. The lowest BCUT2D eigenvalue weighted by Crippen LogP contribution is -2.31. The summed E-state index contributed by atoms with van der Waals surface area (Å²) in [6, 6.07) is 14.3. The largest absolute Gasteiger partial charge is 0.345 e. The van der Waals surface area contributed by atoms with Crippen molar-refractivity contribution in [1.82, 2.24) is 29.9 Å². The predicted molar refractivity (Wildman–Crippen MR) is 119 cm³/mol. The lowest BCUT2D eigenvalue weighted by Gasteiger charge is -2.24. The fourth-order valence-corrected chi connectivity index (χ4v) is 4.24. The molecule has 0 unspecified atom stereocenters. The van der Waals surface area contributed by atoms with Crippen LogP contribution in [-0.2, 0) is 13.0 Å². The highest BCUT2D eigenvalue weighted by atomic mass is 16.6. The van der Waals surface area contributed by atoms with Crippen LogP contribution < -0.4 is 5.32 Å². The Kier molecular flexibility index (Phi) is 5.39. The van der Waals surface area contributed by atoms with E-state index in [-0.39, 0.29) is 28.9 Å². The third-order valence-corrected chi connectivity index (χ3v) is 5.84. The molecule has 0 aliphatic heterocycles. The number of nitro groups is 1. The topological polar surface area (TPSA) is 121 Å². The predicted octanol–water partition coefficient (Wildman–Crippen LogP) is 3.23. The number of benzene rings is 2. The van der Waals surface area contributed by atoms with Gasteiger partial charge in [-0.15, -0.1) is 0 Å². The van der Waals surface area contributed by atoms with Crippen molar-refractivity contribution in [3.8, 4) is 5.69 Å². The quantitative estimate of drug-likeness (QED) is 0.361. The van der Waals surface area contributed by atoms with Crippen molar-refractivity contribution in [2.75, 3.05) is 0 Å². The van der Waals surface area contributed by atoms with Gasteiger partial charge in [-0.05, 0) is 37.0 Å². The molecular weight excluding hydrogens is 422 g/mol. The van der Waals surface area contributed by atoms with Gasteiger partial charge in [0.25, 0.3) is 11.6 Å². The van der Waals surface area contributed by atoms with Crippen molar-refractivity contribution in [1.29, 1.82) is 0 Å². The van der Waals surface area contributed by atoms with Crippen molar-refractivity contribution in [2.24, 2.45) is 0 Å². The lowest BCUT2D eigenvalue weighted by molar-refractivity contribution is -0.384. The smallest absolute Gasteiger partial charge is 0.295 e. The zero-order valence-corrected chi connectivity index (χ0v) is 17.7. The van der Waals surface area contributed by atoms with Crippen molar-refractivity contribution in [3.63, 3.8) is 0 Å². The van der Waals surface area contributed by atoms with Gasteiger partial charge in [0.1, 0.15) is 18.3 Å². The number of nitrogens with zero attached hydrogens (tertiary/aromatic N) is 6. The van der Waals surface area contributed by atoms with Crippen LogP contribution >= 0.6 is 0 Å². The fraction of sp³-hybridized carbons (Fsp3) is 0.217. The zero-order valence-electron chi connectivity index (χ0n) is 17.7. The van der Waals surface area contributed by atoms with Crippen molar-refractivity contribution >= 4 is 11.6 Å². The summed E-state index contributed by atoms with van der Waals surface area (Å²) in [4.78, 5) is 27.9. The van der Waals surface area contributed by atoms with E-state index in [0.717, 1.165) is 36.1 Å². The summed E-state index contributed by atoms with van der Waals surface area (Å²) < 4.78 is 3.29. The van der Waals surface area contributed by atoms with E-state index in [9.17, 15) is 14.9 Å². The van der Waals surface area contributed by atoms with Crippen LogP contribution in [0.1, 0.15) is 46.1 Å². The van der Waals surface area contributed by atoms with E-state index < -0.39 is 4.92 Å². The highest BCUT2D eigenvalue weighted by Crippen LogP contribution is 2.31. The van der Waals surface area contributed by atoms with Crippen LogP contribution in [0.15, 0.2) is 67.4 Å². The molecule has 33 heavy (non-hydrogen) atoms. The first kappa shape index (κ1) is 20.6. The molecule has 1 aliphatic rings. The number of nitrogens with one attached hydrogen (secondary N) is 1. The van der Waals surface area contributed by atoms with E-state index in [1.165, 1.54) is 29.5 Å². The van der Waals surface area contributed by atoms with E-state index in [1.54, 1.807) is 6.07 Å². The molecule has 1 N–H and O–H groups in total. The third-order valence-electron chi connectivity index (χ3n) is 5.84. The Morgan fingerprint density at radius 2 is 2.03 bits per heavy atom. The fourth-order valence-electron chi connectivity index (χ4n) is 4.24. The maximum absolute atomic E-state index is 13.0. The summed E-state index contributed by atoms with van der Waals surface area (Å²) in [6.07, 6.45) is 7.09. The molecule has 2 aromatic carbocycles. The van der Waals surface area contributed by atoms with Crippen LogP contribution in [0.2, 0.25) is 0 Å². The molecule has 1 amide bonds. The number of fused-ring (bicyclic) bond motifs is 1. The van der Waals surface area contributed by atoms with Crippen molar-refractivity contribution < 1.29 is 9.72 Å². The van der Waals surface area contributed by atoms with Gasteiger partial charge in [0.2, 0.25) is 0 Å². The summed E-state index contributed by atoms with van der Waals surface area (Å²) >= 11 is 0. The number of rotatable bonds is 6. The van der Waals surface area contributed by atoms with Crippen LogP contribution in [-0.4, -0.2) is 35.4 Å². The molecular formula is C23H21N7O3. The maximum Gasteiger partial charge on any atom is 0.295 e. The van der Waals surface area contributed by atoms with Crippen LogP contribution in [0, 0.1) is 10.1 Å². The Labute approximate surface area is 189 Å². The van der Waals surface area contributed by atoms with E-state index in [4.69, 9.17) is 0 Å². The second kappa shape index (κ2) is 8.65. The number of hydrogen-bond donors (Lipinski definition) is 1. The summed E-state index contributed by atoms with van der Waals surface area (Å²) in [5.74, 6) is -0.364. The lowest BCUT2D eigenvalue weighted by atomic mass is 9.92. The number of aromatic nitrogens is 5. The second-order valence-electron chi connectivity index (χ2n) is 7.91. The number of carbonyl (C=O) groups excluding carboxylic acids is 1. The van der Waals surface area contributed by atoms with Gasteiger partial charge in [-0.1, -0.05) is 30.3 Å². The Morgan fingerprint density at radius 3 is 2.79 bits per heavy atom. The van der Waals surface area contributed by atoms with Gasteiger partial charge < -0.3 is 5.32 Å². The minimum absolute atomic E-state index is 0.195. The number of carbonyl (C=O) groups is 1. The summed E-state index contributed by atoms with van der Waals surface area (Å²) in [7, 11) is 0. The van der Waals surface area contributed by atoms with Gasteiger partial charge in [-0.2, -0.15) is 10.2 Å². The molecule has 4 aromatic rings. The molecule has 2 aromatic heterocycles. The summed E-state index contributed by atoms with van der Waals surface area (Å²) in [6.45, 7) is 0.673. The molecule has 166 valence electrons. The minimum atomic E-state index is -0.528. The molecule has 10 nitrogen and oxygen atoms in total. The standard InChI is InChI=1S/C23H21N7O3/c31-23(17-9-10-21(22(11-17)30(32)33)29-15-24-14-26-29)27-19-7-4-8-20-18(19)12-25-28(20)13-16-5-2-1-3-6-16/h1-3,5-6,9-12,14-15,19H,4,7-8,13H2,(H,27,31)/t19-/m0/s1. The van der Waals surface area contributed by atoms with E-state index in [0.29, 0.717) is 6.54 Å². The first-order chi connectivity index (χ1) is 16.1. The molecule has 2 heterocycles. The molecule has 0 saturated heterocycles. The van der Waals surface area contributed by atoms with Crippen LogP contribution in [0.25, 0.3) is 5.69 Å². The number of hydrogen-bond acceptors (Lipinski definition) is 6. The van der Waals surface area contributed by atoms with Gasteiger partial charge in [0, 0.05) is 22.9 Å². The van der Waals surface area contributed by atoms with E-state index in [2.05, 4.69) is 32.6 Å². The maximum atomic E-state index is 13.0. The zero-order chi connectivity index (χ0) is 22.8. The molecule has 0 radical (unpaired) electrons. The third kappa shape index (κ3) is 4.10. The second-order valence-corrected chi connectivity index (χ2v) is 7.91. The van der Waals surface area contributed by atoms with Crippen molar-refractivity contribution in [2.45, 2.75) is 31.8 Å². The highest BCUT2D eigenvalue weighted by molar-refractivity contribution is 5.95. The van der Waals surface area contributed by atoms with E-state index >= 15 is 0 Å². The molecule has 0 saturated carbocycles. The average Bonchev–Trinajstić information content (AvgIpc) is 3.51. The summed E-state index contributed by atoms with van der Waals surface area (Å²) in [5.41, 5.74) is 3.52. The first-order valence-corrected chi connectivity index (χ1v) is 10.6. The molecule has 10 heteroatoms. The summed E-state index contributed by atoms with van der Waals surface area (Å²) in [5, 5.41) is 23.1. The van der Waals surface area contributed by atoms with E-state index in [1.807, 2.05) is 29.1 Å². The van der Waals surface area contributed by atoms with Crippen LogP contribution in [0.4, 0.5) is 5.69 Å². The van der Waals surface area contributed by atoms with Gasteiger partial charge >= 0.3 is 0 Å².